The summed E-state index contributed by atoms with van der Waals surface area (Å²) in [5.41, 5.74) is 8.79. The number of hydrogen-bond acceptors (Lipinski definition) is 7. The Kier molecular flexibility index (Phi) is 2.85. The van der Waals surface area contributed by atoms with Gasteiger partial charge in [0.15, 0.2) is 11.5 Å². The number of nitrogen functional groups attached to an aromatic ring is 1. The predicted octanol–water partition coefficient (Wildman–Crippen LogP) is 1.70. The zero-order chi connectivity index (χ0) is 15.1. The zero-order valence-electron chi connectivity index (χ0n) is 11.7. The average molecular weight is 298 g/mol. The molecule has 3 N–H and O–H groups in total. The van der Waals surface area contributed by atoms with Crippen LogP contribution in [-0.2, 0) is 6.42 Å². The SMILES string of the molecule is Nc1ncc2c(n1)CC(c1cccc3c1OCO3)C/C2=N\O. The number of aromatic nitrogens is 2. The molecule has 4 rings (SSSR count). The largest absolute Gasteiger partial charge is 0.454 e. The number of benzene rings is 1. The van der Waals surface area contributed by atoms with Crippen molar-refractivity contribution in [2.75, 3.05) is 12.5 Å². The highest BCUT2D eigenvalue weighted by atomic mass is 16.7. The summed E-state index contributed by atoms with van der Waals surface area (Å²) in [6, 6.07) is 5.81. The number of oxime groups is 1. The summed E-state index contributed by atoms with van der Waals surface area (Å²) < 4.78 is 11.0. The van der Waals surface area contributed by atoms with Crippen molar-refractivity contribution in [1.82, 2.24) is 9.97 Å². The molecule has 2 aromatic rings. The van der Waals surface area contributed by atoms with Crippen molar-refractivity contribution in [3.05, 3.63) is 41.2 Å². The van der Waals surface area contributed by atoms with E-state index in [1.807, 2.05) is 18.2 Å². The predicted molar refractivity (Wildman–Crippen MR) is 78.4 cm³/mol. The van der Waals surface area contributed by atoms with Crippen molar-refractivity contribution in [2.24, 2.45) is 5.16 Å². The Morgan fingerprint density at radius 3 is 3.05 bits per heavy atom. The summed E-state index contributed by atoms with van der Waals surface area (Å²) in [4.78, 5) is 8.26. The molecule has 1 aliphatic heterocycles. The molecule has 0 bridgehead atoms. The third kappa shape index (κ3) is 1.93. The fraction of sp³-hybridized carbons (Fsp3) is 0.267. The molecule has 0 saturated heterocycles. The molecule has 2 aliphatic rings. The second-order valence-electron chi connectivity index (χ2n) is 5.32. The van der Waals surface area contributed by atoms with Crippen LogP contribution in [0.4, 0.5) is 5.95 Å². The fourth-order valence-electron chi connectivity index (χ4n) is 3.07. The molecule has 1 atom stereocenters. The summed E-state index contributed by atoms with van der Waals surface area (Å²) in [5, 5.41) is 12.7. The maximum atomic E-state index is 9.31. The summed E-state index contributed by atoms with van der Waals surface area (Å²) in [6.07, 6.45) is 2.87. The first-order valence-corrected chi connectivity index (χ1v) is 6.97. The Labute approximate surface area is 126 Å². The van der Waals surface area contributed by atoms with Gasteiger partial charge in [0.2, 0.25) is 12.7 Å². The molecule has 7 nitrogen and oxygen atoms in total. The van der Waals surface area contributed by atoms with Crippen molar-refractivity contribution in [3.8, 4) is 11.5 Å². The van der Waals surface area contributed by atoms with Gasteiger partial charge in [-0.25, -0.2) is 9.97 Å². The first kappa shape index (κ1) is 12.9. The molecule has 0 amide bonds. The summed E-state index contributed by atoms with van der Waals surface area (Å²) in [5.74, 6) is 1.81. The second-order valence-corrected chi connectivity index (χ2v) is 5.32. The summed E-state index contributed by atoms with van der Waals surface area (Å²) in [6.45, 7) is 0.228. The number of fused-ring (bicyclic) bond motifs is 2. The van der Waals surface area contributed by atoms with Crippen LogP contribution in [-0.4, -0.2) is 27.7 Å². The topological polar surface area (TPSA) is 103 Å². The van der Waals surface area contributed by atoms with E-state index in [1.54, 1.807) is 6.20 Å². The lowest BCUT2D eigenvalue weighted by molar-refractivity contribution is 0.173. The Balaban J connectivity index is 1.78. The second kappa shape index (κ2) is 4.87. The van der Waals surface area contributed by atoms with Gasteiger partial charge < -0.3 is 20.4 Å². The number of ether oxygens (including phenoxy) is 2. The van der Waals surface area contributed by atoms with Crippen molar-refractivity contribution >= 4 is 11.7 Å². The van der Waals surface area contributed by atoms with Crippen LogP contribution in [0, 0.1) is 0 Å². The van der Waals surface area contributed by atoms with Crippen LogP contribution >= 0.6 is 0 Å². The van der Waals surface area contributed by atoms with Crippen molar-refractivity contribution in [3.63, 3.8) is 0 Å². The zero-order valence-corrected chi connectivity index (χ0v) is 11.7. The van der Waals surface area contributed by atoms with Crippen molar-refractivity contribution in [1.29, 1.82) is 0 Å². The van der Waals surface area contributed by atoms with E-state index in [2.05, 4.69) is 15.1 Å². The van der Waals surface area contributed by atoms with E-state index < -0.39 is 0 Å². The molecule has 1 aliphatic carbocycles. The Morgan fingerprint density at radius 2 is 2.18 bits per heavy atom. The molecule has 2 heterocycles. The van der Waals surface area contributed by atoms with Gasteiger partial charge in [0.25, 0.3) is 0 Å². The van der Waals surface area contributed by atoms with E-state index >= 15 is 0 Å². The lowest BCUT2D eigenvalue weighted by atomic mass is 9.81. The molecule has 0 radical (unpaired) electrons. The van der Waals surface area contributed by atoms with E-state index in [0.717, 1.165) is 28.3 Å². The molecule has 0 fully saturated rings. The van der Waals surface area contributed by atoms with Gasteiger partial charge in [-0.3, -0.25) is 0 Å². The molecule has 1 unspecified atom stereocenters. The van der Waals surface area contributed by atoms with E-state index in [9.17, 15) is 5.21 Å². The highest BCUT2D eigenvalue weighted by molar-refractivity contribution is 6.02. The van der Waals surface area contributed by atoms with Crippen LogP contribution in [0.2, 0.25) is 0 Å². The smallest absolute Gasteiger partial charge is 0.231 e. The van der Waals surface area contributed by atoms with Gasteiger partial charge in [0, 0.05) is 23.7 Å². The lowest BCUT2D eigenvalue weighted by Crippen LogP contribution is -2.22. The first-order valence-electron chi connectivity index (χ1n) is 6.97. The molecule has 1 aromatic carbocycles. The fourth-order valence-corrected chi connectivity index (χ4v) is 3.07. The Bertz CT molecular complexity index is 775. The van der Waals surface area contributed by atoms with Crippen LogP contribution in [0.25, 0.3) is 0 Å². The summed E-state index contributed by atoms with van der Waals surface area (Å²) in [7, 11) is 0. The third-order valence-corrected chi connectivity index (χ3v) is 4.06. The maximum Gasteiger partial charge on any atom is 0.231 e. The number of anilines is 1. The van der Waals surface area contributed by atoms with Gasteiger partial charge in [0.05, 0.1) is 11.4 Å². The number of hydrogen-bond donors (Lipinski definition) is 2. The van der Waals surface area contributed by atoms with Crippen LogP contribution in [0.5, 0.6) is 11.5 Å². The van der Waals surface area contributed by atoms with E-state index in [-0.39, 0.29) is 18.7 Å². The van der Waals surface area contributed by atoms with Crippen molar-refractivity contribution < 1.29 is 14.7 Å². The minimum Gasteiger partial charge on any atom is -0.454 e. The van der Waals surface area contributed by atoms with Gasteiger partial charge >= 0.3 is 0 Å². The number of para-hydroxylation sites is 1. The Morgan fingerprint density at radius 1 is 1.27 bits per heavy atom. The Hall–Kier alpha value is -2.83. The number of rotatable bonds is 1. The molecular weight excluding hydrogens is 284 g/mol. The van der Waals surface area contributed by atoms with E-state index in [1.165, 1.54) is 0 Å². The molecule has 0 spiro atoms. The highest BCUT2D eigenvalue weighted by Crippen LogP contribution is 2.43. The van der Waals surface area contributed by atoms with Gasteiger partial charge in [-0.05, 0) is 18.4 Å². The minimum absolute atomic E-state index is 0.0874. The van der Waals surface area contributed by atoms with Gasteiger partial charge in [0.1, 0.15) is 0 Å². The minimum atomic E-state index is 0.0874. The van der Waals surface area contributed by atoms with Gasteiger partial charge in [-0.1, -0.05) is 17.3 Å². The molecule has 7 heteroatoms. The molecule has 0 saturated carbocycles. The average Bonchev–Trinajstić information content (AvgIpc) is 3.01. The number of nitrogens with zero attached hydrogens (tertiary/aromatic N) is 3. The molecule has 1 aromatic heterocycles. The van der Waals surface area contributed by atoms with Crippen LogP contribution in [0.15, 0.2) is 29.6 Å². The molecule has 112 valence electrons. The quantitative estimate of drug-likeness (QED) is 0.613. The van der Waals surface area contributed by atoms with Crippen LogP contribution in [0.1, 0.15) is 29.2 Å². The van der Waals surface area contributed by atoms with Crippen LogP contribution < -0.4 is 15.2 Å². The third-order valence-electron chi connectivity index (χ3n) is 4.06. The van der Waals surface area contributed by atoms with E-state index in [0.29, 0.717) is 18.6 Å². The van der Waals surface area contributed by atoms with Gasteiger partial charge in [-0.15, -0.1) is 0 Å². The van der Waals surface area contributed by atoms with E-state index in [4.69, 9.17) is 15.2 Å². The van der Waals surface area contributed by atoms with Crippen LogP contribution in [0.3, 0.4) is 0 Å². The molecule has 22 heavy (non-hydrogen) atoms. The summed E-state index contributed by atoms with van der Waals surface area (Å²) >= 11 is 0. The standard InChI is InChI=1S/C15H14N4O3/c16-15-17-6-10-11(18-15)4-8(5-12(10)19-20)9-2-1-3-13-14(9)22-7-21-13/h1-3,6,8,20H,4-5,7H2,(H2,16,17,18)/b19-12+. The number of nitrogens with two attached hydrogens (primary N) is 1. The maximum absolute atomic E-state index is 9.31. The van der Waals surface area contributed by atoms with Gasteiger partial charge in [-0.2, -0.15) is 0 Å². The monoisotopic (exact) mass is 298 g/mol. The normalized spacial score (nSPS) is 20.9. The first-order chi connectivity index (χ1) is 10.8. The van der Waals surface area contributed by atoms with Crippen molar-refractivity contribution in [2.45, 2.75) is 18.8 Å². The molecular formula is C15H14N4O3. The highest BCUT2D eigenvalue weighted by Gasteiger charge is 2.31. The lowest BCUT2D eigenvalue weighted by Gasteiger charge is -2.25.